The van der Waals surface area contributed by atoms with Crippen LogP contribution in [-0.2, 0) is 11.3 Å². The van der Waals surface area contributed by atoms with Crippen molar-refractivity contribution in [1.29, 1.82) is 0 Å². The molecule has 1 aromatic carbocycles. The van der Waals surface area contributed by atoms with E-state index in [-0.39, 0.29) is 23.2 Å². The number of rotatable bonds is 3. The predicted octanol–water partition coefficient (Wildman–Crippen LogP) is 3.92. The summed E-state index contributed by atoms with van der Waals surface area (Å²) in [6.45, 7) is 10.0. The summed E-state index contributed by atoms with van der Waals surface area (Å²) in [5, 5.41) is 4.73. The third kappa shape index (κ3) is 4.33. The van der Waals surface area contributed by atoms with E-state index in [1.54, 1.807) is 28.6 Å². The standard InChI is InChI=1S/C20H25ClFN3O2/c1-13-17(19(26)24-9-10-27-16(12-24)20(2,3)4)18(21)25(23-13)11-14-5-7-15(22)8-6-14/h5-8,16H,9-12H2,1-4H3/t16-/m0/s1. The number of benzene rings is 1. The molecule has 0 N–H and O–H groups in total. The average molecular weight is 394 g/mol. The summed E-state index contributed by atoms with van der Waals surface area (Å²) in [5.74, 6) is -0.418. The Morgan fingerprint density at radius 1 is 1.33 bits per heavy atom. The minimum Gasteiger partial charge on any atom is -0.374 e. The second-order valence-electron chi connectivity index (χ2n) is 8.01. The first kappa shape index (κ1) is 19.8. The molecule has 0 unspecified atom stereocenters. The lowest BCUT2D eigenvalue weighted by molar-refractivity contribution is -0.0706. The number of halogens is 2. The molecular weight excluding hydrogens is 369 g/mol. The van der Waals surface area contributed by atoms with E-state index >= 15 is 0 Å². The van der Waals surface area contributed by atoms with E-state index in [2.05, 4.69) is 25.9 Å². The summed E-state index contributed by atoms with van der Waals surface area (Å²) in [6, 6.07) is 6.15. The van der Waals surface area contributed by atoms with E-state index < -0.39 is 0 Å². The van der Waals surface area contributed by atoms with Gasteiger partial charge in [-0.15, -0.1) is 0 Å². The van der Waals surface area contributed by atoms with Gasteiger partial charge in [0.25, 0.3) is 5.91 Å². The minimum atomic E-state index is -0.293. The average Bonchev–Trinajstić information content (AvgIpc) is 2.89. The van der Waals surface area contributed by atoms with Crippen molar-refractivity contribution in [1.82, 2.24) is 14.7 Å². The Morgan fingerprint density at radius 2 is 2.00 bits per heavy atom. The van der Waals surface area contributed by atoms with Gasteiger partial charge in [-0.05, 0) is 30.0 Å². The van der Waals surface area contributed by atoms with Crippen molar-refractivity contribution in [2.75, 3.05) is 19.7 Å². The van der Waals surface area contributed by atoms with Crippen LogP contribution in [0.4, 0.5) is 4.39 Å². The third-order valence-electron chi connectivity index (χ3n) is 4.84. The molecule has 1 aromatic heterocycles. The highest BCUT2D eigenvalue weighted by atomic mass is 35.5. The number of amides is 1. The van der Waals surface area contributed by atoms with E-state index in [9.17, 15) is 9.18 Å². The van der Waals surface area contributed by atoms with Crippen LogP contribution in [0, 0.1) is 18.2 Å². The number of aryl methyl sites for hydroxylation is 1. The van der Waals surface area contributed by atoms with Crippen LogP contribution in [0.2, 0.25) is 5.15 Å². The SMILES string of the molecule is Cc1nn(Cc2ccc(F)cc2)c(Cl)c1C(=O)N1CCO[C@H](C(C)(C)C)C1. The fraction of sp³-hybridized carbons (Fsp3) is 0.500. The number of ether oxygens (including phenoxy) is 1. The Hall–Kier alpha value is -1.92. The van der Waals surface area contributed by atoms with Crippen molar-refractivity contribution in [3.8, 4) is 0 Å². The molecule has 2 aromatic rings. The second-order valence-corrected chi connectivity index (χ2v) is 8.37. The zero-order valence-corrected chi connectivity index (χ0v) is 16.9. The largest absolute Gasteiger partial charge is 0.374 e. The van der Waals surface area contributed by atoms with Crippen LogP contribution >= 0.6 is 11.6 Å². The van der Waals surface area contributed by atoms with E-state index in [1.165, 1.54) is 12.1 Å². The summed E-state index contributed by atoms with van der Waals surface area (Å²) in [5.41, 5.74) is 1.82. The number of carbonyl (C=O) groups is 1. The van der Waals surface area contributed by atoms with Crippen molar-refractivity contribution in [2.24, 2.45) is 5.41 Å². The number of nitrogens with zero attached hydrogens (tertiary/aromatic N) is 3. The van der Waals surface area contributed by atoms with Crippen LogP contribution in [0.3, 0.4) is 0 Å². The molecule has 1 aliphatic rings. The van der Waals surface area contributed by atoms with Gasteiger partial charge in [0.05, 0.1) is 30.5 Å². The highest BCUT2D eigenvalue weighted by Gasteiger charge is 2.34. The molecular formula is C20H25ClFN3O2. The fourth-order valence-electron chi connectivity index (χ4n) is 3.18. The Bertz CT molecular complexity index is 827. The van der Waals surface area contributed by atoms with Gasteiger partial charge < -0.3 is 9.64 Å². The van der Waals surface area contributed by atoms with Gasteiger partial charge in [0.1, 0.15) is 11.0 Å². The molecule has 0 bridgehead atoms. The molecule has 3 rings (SSSR count). The molecule has 0 radical (unpaired) electrons. The van der Waals surface area contributed by atoms with Gasteiger partial charge in [-0.2, -0.15) is 5.10 Å². The molecule has 1 aliphatic heterocycles. The third-order valence-corrected chi connectivity index (χ3v) is 5.23. The van der Waals surface area contributed by atoms with Crippen LogP contribution in [0.5, 0.6) is 0 Å². The zero-order chi connectivity index (χ0) is 19.8. The lowest BCUT2D eigenvalue weighted by Gasteiger charge is -2.39. The highest BCUT2D eigenvalue weighted by molar-refractivity contribution is 6.33. The van der Waals surface area contributed by atoms with Crippen molar-refractivity contribution in [2.45, 2.75) is 40.3 Å². The number of aromatic nitrogens is 2. The van der Waals surface area contributed by atoms with Gasteiger partial charge in [-0.25, -0.2) is 9.07 Å². The molecule has 27 heavy (non-hydrogen) atoms. The van der Waals surface area contributed by atoms with Crippen molar-refractivity contribution in [3.63, 3.8) is 0 Å². The maximum absolute atomic E-state index is 13.1. The van der Waals surface area contributed by atoms with Crippen LogP contribution in [0.25, 0.3) is 0 Å². The molecule has 0 spiro atoms. The normalized spacial score (nSPS) is 18.0. The van der Waals surface area contributed by atoms with Gasteiger partial charge in [0.15, 0.2) is 0 Å². The van der Waals surface area contributed by atoms with Crippen molar-refractivity contribution < 1.29 is 13.9 Å². The molecule has 1 fully saturated rings. The van der Waals surface area contributed by atoms with E-state index in [0.29, 0.717) is 42.7 Å². The molecule has 2 heterocycles. The minimum absolute atomic E-state index is 0.0245. The molecule has 7 heteroatoms. The number of hydrogen-bond acceptors (Lipinski definition) is 3. The lowest BCUT2D eigenvalue weighted by Crippen LogP contribution is -2.50. The summed E-state index contributed by atoms with van der Waals surface area (Å²) < 4.78 is 20.5. The summed E-state index contributed by atoms with van der Waals surface area (Å²) in [6.07, 6.45) is -0.0245. The van der Waals surface area contributed by atoms with Crippen molar-refractivity contribution >= 4 is 17.5 Å². The predicted molar refractivity (Wildman–Crippen MR) is 103 cm³/mol. The van der Waals surface area contributed by atoms with Crippen LogP contribution in [0.15, 0.2) is 24.3 Å². The Labute approximate surface area is 164 Å². The van der Waals surface area contributed by atoms with E-state index in [4.69, 9.17) is 16.3 Å². The van der Waals surface area contributed by atoms with Gasteiger partial charge in [-0.1, -0.05) is 44.5 Å². The molecule has 5 nitrogen and oxygen atoms in total. The van der Waals surface area contributed by atoms with Crippen LogP contribution in [0.1, 0.15) is 42.4 Å². The molecule has 146 valence electrons. The summed E-state index contributed by atoms with van der Waals surface area (Å²) >= 11 is 6.50. The van der Waals surface area contributed by atoms with Crippen molar-refractivity contribution in [3.05, 3.63) is 52.1 Å². The van der Waals surface area contributed by atoms with Gasteiger partial charge in [-0.3, -0.25) is 4.79 Å². The maximum atomic E-state index is 13.1. The Morgan fingerprint density at radius 3 is 2.63 bits per heavy atom. The first-order valence-electron chi connectivity index (χ1n) is 9.05. The monoisotopic (exact) mass is 393 g/mol. The number of carbonyl (C=O) groups excluding carboxylic acids is 1. The molecule has 1 atom stereocenters. The molecule has 1 amide bonds. The highest BCUT2D eigenvalue weighted by Crippen LogP contribution is 2.28. The fourth-order valence-corrected chi connectivity index (χ4v) is 3.49. The first-order valence-corrected chi connectivity index (χ1v) is 9.43. The van der Waals surface area contributed by atoms with E-state index in [1.807, 2.05) is 0 Å². The van der Waals surface area contributed by atoms with Crippen LogP contribution < -0.4 is 0 Å². The topological polar surface area (TPSA) is 47.4 Å². The second kappa shape index (κ2) is 7.60. The Balaban J connectivity index is 1.81. The number of morpholine rings is 1. The summed E-state index contributed by atoms with van der Waals surface area (Å²) in [7, 11) is 0. The van der Waals surface area contributed by atoms with Gasteiger partial charge >= 0.3 is 0 Å². The number of hydrogen-bond donors (Lipinski definition) is 0. The summed E-state index contributed by atoms with van der Waals surface area (Å²) in [4.78, 5) is 14.9. The molecule has 0 aliphatic carbocycles. The smallest absolute Gasteiger partial charge is 0.259 e. The quantitative estimate of drug-likeness (QED) is 0.794. The van der Waals surface area contributed by atoms with Gasteiger partial charge in [0.2, 0.25) is 0 Å². The molecule has 0 saturated carbocycles. The maximum Gasteiger partial charge on any atom is 0.259 e. The zero-order valence-electron chi connectivity index (χ0n) is 16.1. The lowest BCUT2D eigenvalue weighted by atomic mass is 9.88. The van der Waals surface area contributed by atoms with Gasteiger partial charge in [0, 0.05) is 13.1 Å². The molecule has 1 saturated heterocycles. The first-order chi connectivity index (χ1) is 12.7. The van der Waals surface area contributed by atoms with Crippen LogP contribution in [-0.4, -0.2) is 46.4 Å². The van der Waals surface area contributed by atoms with E-state index in [0.717, 1.165) is 5.56 Å². The Kier molecular flexibility index (Phi) is 5.58.